The van der Waals surface area contributed by atoms with Crippen molar-refractivity contribution < 1.29 is 18.1 Å². The number of benzene rings is 1. The molecule has 10 heteroatoms. The van der Waals surface area contributed by atoms with Crippen LogP contribution in [-0.4, -0.2) is 42.7 Å². The SMILES string of the molecule is O=C(NC[C@H]1CCCN1S(=O)(=O)c1cccs1)c1ccc([N+](=O)[O-])cc1. The third-order valence-electron chi connectivity index (χ3n) is 4.22. The van der Waals surface area contributed by atoms with E-state index in [0.29, 0.717) is 22.7 Å². The second-order valence-electron chi connectivity index (χ2n) is 5.86. The highest BCUT2D eigenvalue weighted by atomic mass is 32.2. The molecule has 0 aliphatic carbocycles. The summed E-state index contributed by atoms with van der Waals surface area (Å²) in [5, 5.41) is 15.1. The van der Waals surface area contributed by atoms with Crippen molar-refractivity contribution in [3.63, 3.8) is 0 Å². The average Bonchev–Trinajstić information content (AvgIpc) is 3.31. The van der Waals surface area contributed by atoms with Crippen LogP contribution in [0.5, 0.6) is 0 Å². The molecule has 1 amide bonds. The zero-order valence-electron chi connectivity index (χ0n) is 13.7. The number of hydrogen-bond donors (Lipinski definition) is 1. The number of rotatable bonds is 6. The van der Waals surface area contributed by atoms with E-state index in [1.165, 1.54) is 39.9 Å². The summed E-state index contributed by atoms with van der Waals surface area (Å²) in [5.41, 5.74) is 0.201. The topological polar surface area (TPSA) is 110 Å². The number of nitro groups is 1. The maximum atomic E-state index is 12.7. The molecule has 1 aromatic heterocycles. The number of amides is 1. The molecule has 0 unspecified atom stereocenters. The van der Waals surface area contributed by atoms with Gasteiger partial charge in [0.1, 0.15) is 4.21 Å². The smallest absolute Gasteiger partial charge is 0.269 e. The molecular formula is C16H17N3O5S2. The Morgan fingerprint density at radius 1 is 1.31 bits per heavy atom. The van der Waals surface area contributed by atoms with E-state index in [9.17, 15) is 23.3 Å². The maximum Gasteiger partial charge on any atom is 0.269 e. The molecule has 2 heterocycles. The van der Waals surface area contributed by atoms with Crippen molar-refractivity contribution in [2.75, 3.05) is 13.1 Å². The van der Waals surface area contributed by atoms with Gasteiger partial charge in [0.05, 0.1) is 4.92 Å². The lowest BCUT2D eigenvalue weighted by Gasteiger charge is -2.23. The van der Waals surface area contributed by atoms with Crippen LogP contribution in [0.4, 0.5) is 5.69 Å². The van der Waals surface area contributed by atoms with Gasteiger partial charge in [-0.05, 0) is 36.4 Å². The molecule has 0 radical (unpaired) electrons. The third-order valence-corrected chi connectivity index (χ3v) is 7.54. The minimum Gasteiger partial charge on any atom is -0.350 e. The summed E-state index contributed by atoms with van der Waals surface area (Å²) in [5.74, 6) is -0.389. The number of thiophene rings is 1. The van der Waals surface area contributed by atoms with Gasteiger partial charge in [-0.25, -0.2) is 8.42 Å². The summed E-state index contributed by atoms with van der Waals surface area (Å²) in [6, 6.07) is 8.24. The summed E-state index contributed by atoms with van der Waals surface area (Å²) >= 11 is 1.17. The first kappa shape index (κ1) is 18.5. The minimum absolute atomic E-state index is 0.0921. The fourth-order valence-corrected chi connectivity index (χ4v) is 5.71. The van der Waals surface area contributed by atoms with E-state index in [0.717, 1.165) is 6.42 Å². The summed E-state index contributed by atoms with van der Waals surface area (Å²) in [4.78, 5) is 22.3. The van der Waals surface area contributed by atoms with E-state index in [-0.39, 0.29) is 24.2 Å². The minimum atomic E-state index is -3.55. The molecule has 8 nitrogen and oxygen atoms in total. The molecule has 1 aliphatic rings. The van der Waals surface area contributed by atoms with Crippen molar-refractivity contribution in [3.05, 3.63) is 57.5 Å². The van der Waals surface area contributed by atoms with Crippen molar-refractivity contribution >= 4 is 33.0 Å². The maximum absolute atomic E-state index is 12.7. The van der Waals surface area contributed by atoms with Crippen molar-refractivity contribution in [2.24, 2.45) is 0 Å². The molecule has 0 bridgehead atoms. The van der Waals surface area contributed by atoms with Crippen molar-refractivity contribution in [1.82, 2.24) is 9.62 Å². The lowest BCUT2D eigenvalue weighted by molar-refractivity contribution is -0.384. The first-order valence-corrected chi connectivity index (χ1v) is 10.3. The predicted molar refractivity (Wildman–Crippen MR) is 96.7 cm³/mol. The highest BCUT2D eigenvalue weighted by molar-refractivity contribution is 7.91. The summed E-state index contributed by atoms with van der Waals surface area (Å²) in [7, 11) is -3.55. The van der Waals surface area contributed by atoms with E-state index in [2.05, 4.69) is 5.32 Å². The Balaban J connectivity index is 1.65. The molecule has 1 N–H and O–H groups in total. The zero-order valence-corrected chi connectivity index (χ0v) is 15.3. The number of carbonyl (C=O) groups excluding carboxylic acids is 1. The Bertz CT molecular complexity index is 894. The molecule has 0 saturated carbocycles. The van der Waals surface area contributed by atoms with E-state index in [1.807, 2.05) is 0 Å². The average molecular weight is 395 g/mol. The standard InChI is InChI=1S/C16H17N3O5S2/c20-16(12-5-7-13(8-6-12)19(21)22)17-11-14-3-1-9-18(14)26(23,24)15-4-2-10-25-15/h2,4-8,10,14H,1,3,9,11H2,(H,17,20)/t14-/m1/s1. The van der Waals surface area contributed by atoms with E-state index >= 15 is 0 Å². The Labute approximate surface area is 154 Å². The van der Waals surface area contributed by atoms with Gasteiger partial charge in [-0.3, -0.25) is 14.9 Å². The van der Waals surface area contributed by atoms with Gasteiger partial charge < -0.3 is 5.32 Å². The van der Waals surface area contributed by atoms with Crippen LogP contribution in [0.3, 0.4) is 0 Å². The van der Waals surface area contributed by atoms with Crippen LogP contribution in [-0.2, 0) is 10.0 Å². The Morgan fingerprint density at radius 2 is 2.04 bits per heavy atom. The van der Waals surface area contributed by atoms with Gasteiger partial charge in [-0.1, -0.05) is 6.07 Å². The van der Waals surface area contributed by atoms with Crippen LogP contribution in [0.2, 0.25) is 0 Å². The second-order valence-corrected chi connectivity index (χ2v) is 8.92. The van der Waals surface area contributed by atoms with Crippen LogP contribution in [0.25, 0.3) is 0 Å². The first-order valence-electron chi connectivity index (χ1n) is 7.97. The van der Waals surface area contributed by atoms with Crippen molar-refractivity contribution in [2.45, 2.75) is 23.1 Å². The summed E-state index contributed by atoms with van der Waals surface area (Å²) < 4.78 is 27.1. The molecule has 1 fully saturated rings. The number of nitrogens with zero attached hydrogens (tertiary/aromatic N) is 2. The molecule has 3 rings (SSSR count). The molecule has 2 aromatic rings. The number of nitro benzene ring substituents is 1. The largest absolute Gasteiger partial charge is 0.350 e. The molecule has 138 valence electrons. The second kappa shape index (κ2) is 7.52. The van der Waals surface area contributed by atoms with Gasteiger partial charge in [-0.2, -0.15) is 4.31 Å². The van der Waals surface area contributed by atoms with Gasteiger partial charge >= 0.3 is 0 Å². The quantitative estimate of drug-likeness (QED) is 0.596. The van der Waals surface area contributed by atoms with Gasteiger partial charge in [0.15, 0.2) is 0 Å². The zero-order chi connectivity index (χ0) is 18.7. The van der Waals surface area contributed by atoms with Crippen LogP contribution < -0.4 is 5.32 Å². The normalized spacial score (nSPS) is 17.9. The highest BCUT2D eigenvalue weighted by Gasteiger charge is 2.35. The third kappa shape index (κ3) is 3.76. The van der Waals surface area contributed by atoms with Gasteiger partial charge in [-0.15, -0.1) is 11.3 Å². The monoisotopic (exact) mass is 395 g/mol. The van der Waals surface area contributed by atoms with Crippen LogP contribution in [0, 0.1) is 10.1 Å². The molecule has 26 heavy (non-hydrogen) atoms. The molecule has 0 spiro atoms. The highest BCUT2D eigenvalue weighted by Crippen LogP contribution is 2.28. The fourth-order valence-electron chi connectivity index (χ4n) is 2.90. The van der Waals surface area contributed by atoms with E-state index in [1.54, 1.807) is 17.5 Å². The molecule has 1 atom stereocenters. The Morgan fingerprint density at radius 3 is 2.65 bits per heavy atom. The van der Waals surface area contributed by atoms with Crippen molar-refractivity contribution in [1.29, 1.82) is 0 Å². The lowest BCUT2D eigenvalue weighted by Crippen LogP contribution is -2.42. The predicted octanol–water partition coefficient (Wildman–Crippen LogP) is 2.24. The van der Waals surface area contributed by atoms with Crippen molar-refractivity contribution in [3.8, 4) is 0 Å². The van der Waals surface area contributed by atoms with Crippen LogP contribution in [0.1, 0.15) is 23.2 Å². The Kier molecular flexibility index (Phi) is 5.35. The van der Waals surface area contributed by atoms with Crippen LogP contribution >= 0.6 is 11.3 Å². The van der Waals surface area contributed by atoms with Gasteiger partial charge in [0.2, 0.25) is 0 Å². The summed E-state index contributed by atoms with van der Waals surface area (Å²) in [6.45, 7) is 0.624. The van der Waals surface area contributed by atoms with Gasteiger partial charge in [0, 0.05) is 36.8 Å². The molecule has 1 saturated heterocycles. The van der Waals surface area contributed by atoms with Gasteiger partial charge in [0.25, 0.3) is 21.6 Å². The fraction of sp³-hybridized carbons (Fsp3) is 0.312. The number of carbonyl (C=O) groups is 1. The molecule has 1 aliphatic heterocycles. The van der Waals surface area contributed by atoms with E-state index in [4.69, 9.17) is 0 Å². The number of nitrogens with one attached hydrogen (secondary N) is 1. The van der Waals surface area contributed by atoms with E-state index < -0.39 is 14.9 Å². The first-order chi connectivity index (χ1) is 12.4. The molecular weight excluding hydrogens is 378 g/mol. The number of non-ortho nitro benzene ring substituents is 1. The Hall–Kier alpha value is -2.30. The summed E-state index contributed by atoms with van der Waals surface area (Å²) in [6.07, 6.45) is 1.41. The lowest BCUT2D eigenvalue weighted by atomic mass is 10.2. The number of sulfonamides is 1. The number of hydrogen-bond acceptors (Lipinski definition) is 6. The van der Waals surface area contributed by atoms with Crippen LogP contribution in [0.15, 0.2) is 46.0 Å². The molecule has 1 aromatic carbocycles.